The summed E-state index contributed by atoms with van der Waals surface area (Å²) in [5.74, 6) is 3.67. The van der Waals surface area contributed by atoms with Crippen LogP contribution < -0.4 is 5.32 Å². The molecule has 1 N–H and O–H groups in total. The monoisotopic (exact) mass is 179 g/mol. The van der Waals surface area contributed by atoms with Gasteiger partial charge in [-0.1, -0.05) is 0 Å². The molecule has 0 radical (unpaired) electrons. The number of rotatable bonds is 7. The van der Waals surface area contributed by atoms with Crippen LogP contribution in [0.15, 0.2) is 0 Å². The molecular formula is C11H17NO. The van der Waals surface area contributed by atoms with Crippen molar-refractivity contribution in [1.82, 2.24) is 5.32 Å². The van der Waals surface area contributed by atoms with Crippen LogP contribution in [0.5, 0.6) is 0 Å². The maximum atomic E-state index is 11.2. The fraction of sp³-hybridized carbons (Fsp3) is 0.727. The van der Waals surface area contributed by atoms with Gasteiger partial charge in [0.1, 0.15) is 5.78 Å². The molecule has 0 unspecified atom stereocenters. The molecule has 0 atom stereocenters. The zero-order valence-corrected chi connectivity index (χ0v) is 8.01. The number of hydrogen-bond donors (Lipinski definition) is 1. The maximum Gasteiger partial charge on any atom is 0.146 e. The van der Waals surface area contributed by atoms with E-state index in [0.29, 0.717) is 19.4 Å². The Morgan fingerprint density at radius 3 is 2.92 bits per heavy atom. The number of terminal acetylenes is 1. The van der Waals surface area contributed by atoms with Crippen LogP contribution in [0.4, 0.5) is 0 Å². The molecule has 72 valence electrons. The lowest BCUT2D eigenvalue weighted by Gasteiger charge is -2.01. The Balaban J connectivity index is 1.88. The van der Waals surface area contributed by atoms with Crippen molar-refractivity contribution in [3.63, 3.8) is 0 Å². The number of hydrogen-bond acceptors (Lipinski definition) is 2. The molecule has 0 aliphatic heterocycles. The van der Waals surface area contributed by atoms with Gasteiger partial charge in [0.05, 0.1) is 6.54 Å². The lowest BCUT2D eigenvalue weighted by atomic mass is 10.2. The van der Waals surface area contributed by atoms with Crippen LogP contribution >= 0.6 is 0 Å². The van der Waals surface area contributed by atoms with Gasteiger partial charge in [-0.3, -0.25) is 4.79 Å². The predicted molar refractivity (Wildman–Crippen MR) is 53.3 cm³/mol. The normalized spacial score (nSPS) is 15.3. The van der Waals surface area contributed by atoms with Gasteiger partial charge in [-0.05, 0) is 31.7 Å². The third-order valence-corrected chi connectivity index (χ3v) is 2.23. The summed E-state index contributed by atoms with van der Waals surface area (Å²) in [5.41, 5.74) is 0. The smallest absolute Gasteiger partial charge is 0.146 e. The molecule has 13 heavy (non-hydrogen) atoms. The molecule has 0 spiro atoms. The van der Waals surface area contributed by atoms with E-state index in [1.807, 2.05) is 0 Å². The molecule has 1 fully saturated rings. The van der Waals surface area contributed by atoms with E-state index in [9.17, 15) is 4.79 Å². The lowest BCUT2D eigenvalue weighted by Crippen LogP contribution is -2.24. The van der Waals surface area contributed by atoms with Gasteiger partial charge < -0.3 is 5.32 Å². The molecule has 0 aromatic carbocycles. The van der Waals surface area contributed by atoms with Gasteiger partial charge in [0.2, 0.25) is 0 Å². The molecule has 0 heterocycles. The number of Topliss-reactive ketones (excluding diaryl/α,β-unsaturated/α-hetero) is 1. The molecule has 1 saturated carbocycles. The fourth-order valence-electron chi connectivity index (χ4n) is 1.21. The lowest BCUT2D eigenvalue weighted by molar-refractivity contribution is -0.118. The first-order valence-corrected chi connectivity index (χ1v) is 4.99. The van der Waals surface area contributed by atoms with Crippen LogP contribution in [0.25, 0.3) is 0 Å². The van der Waals surface area contributed by atoms with Crippen molar-refractivity contribution < 1.29 is 4.79 Å². The van der Waals surface area contributed by atoms with Gasteiger partial charge in [-0.25, -0.2) is 0 Å². The summed E-state index contributed by atoms with van der Waals surface area (Å²) in [7, 11) is 0. The van der Waals surface area contributed by atoms with E-state index in [-0.39, 0.29) is 5.78 Å². The number of carbonyl (C=O) groups is 1. The highest BCUT2D eigenvalue weighted by Crippen LogP contribution is 2.27. The molecular weight excluding hydrogens is 162 g/mol. The van der Waals surface area contributed by atoms with Crippen LogP contribution in [-0.4, -0.2) is 18.9 Å². The Hall–Kier alpha value is -0.810. The van der Waals surface area contributed by atoms with E-state index in [1.165, 1.54) is 12.8 Å². The summed E-state index contributed by atoms with van der Waals surface area (Å²) in [6.07, 6.45) is 9.93. The average molecular weight is 179 g/mol. The quantitative estimate of drug-likeness (QED) is 0.472. The molecule has 0 saturated heterocycles. The molecule has 0 aromatic rings. The summed E-state index contributed by atoms with van der Waals surface area (Å²) in [5, 5.41) is 3.17. The average Bonchev–Trinajstić information content (AvgIpc) is 2.89. The second-order valence-corrected chi connectivity index (χ2v) is 3.67. The maximum absolute atomic E-state index is 11.2. The highest BCUT2D eigenvalue weighted by molar-refractivity contribution is 5.80. The van der Waals surface area contributed by atoms with Crippen molar-refractivity contribution >= 4 is 5.78 Å². The van der Waals surface area contributed by atoms with Crippen molar-refractivity contribution in [3.05, 3.63) is 0 Å². The van der Waals surface area contributed by atoms with E-state index < -0.39 is 0 Å². The third kappa shape index (κ3) is 5.43. The zero-order valence-electron chi connectivity index (χ0n) is 8.01. The van der Waals surface area contributed by atoms with Gasteiger partial charge in [0.15, 0.2) is 0 Å². The highest BCUT2D eigenvalue weighted by Gasteiger charge is 2.20. The van der Waals surface area contributed by atoms with Crippen LogP contribution in [0, 0.1) is 18.3 Å². The van der Waals surface area contributed by atoms with Crippen molar-refractivity contribution in [2.45, 2.75) is 32.1 Å². The van der Waals surface area contributed by atoms with Gasteiger partial charge in [0, 0.05) is 12.8 Å². The zero-order chi connectivity index (χ0) is 9.52. The molecule has 1 rings (SSSR count). The fourth-order valence-corrected chi connectivity index (χ4v) is 1.21. The minimum atomic E-state index is 0.288. The van der Waals surface area contributed by atoms with Crippen LogP contribution in [0.2, 0.25) is 0 Å². The summed E-state index contributed by atoms with van der Waals surface area (Å²) in [6, 6.07) is 0. The molecule has 1 aliphatic rings. The Labute approximate surface area is 80.1 Å². The topological polar surface area (TPSA) is 29.1 Å². The summed E-state index contributed by atoms with van der Waals surface area (Å²) in [6.45, 7) is 1.54. The van der Waals surface area contributed by atoms with Gasteiger partial charge >= 0.3 is 0 Å². The van der Waals surface area contributed by atoms with Gasteiger partial charge in [-0.2, -0.15) is 0 Å². The summed E-state index contributed by atoms with van der Waals surface area (Å²) >= 11 is 0. The number of nitrogens with one attached hydrogen (secondary N) is 1. The number of unbranched alkanes of at least 4 members (excludes halogenated alkanes) is 1. The van der Waals surface area contributed by atoms with Crippen LogP contribution in [0.3, 0.4) is 0 Å². The van der Waals surface area contributed by atoms with E-state index in [2.05, 4.69) is 11.2 Å². The van der Waals surface area contributed by atoms with E-state index in [4.69, 9.17) is 6.42 Å². The predicted octanol–water partition coefficient (Wildman–Crippen LogP) is 1.36. The first kappa shape index (κ1) is 10.3. The Morgan fingerprint density at radius 1 is 1.54 bits per heavy atom. The van der Waals surface area contributed by atoms with Crippen molar-refractivity contribution in [1.29, 1.82) is 0 Å². The Bertz CT molecular complexity index is 201. The summed E-state index contributed by atoms with van der Waals surface area (Å²) in [4.78, 5) is 11.2. The molecule has 0 bridgehead atoms. The minimum absolute atomic E-state index is 0.288. The van der Waals surface area contributed by atoms with Crippen molar-refractivity contribution in [2.75, 3.05) is 13.1 Å². The van der Waals surface area contributed by atoms with Crippen molar-refractivity contribution in [2.24, 2.45) is 5.92 Å². The first-order chi connectivity index (χ1) is 6.33. The summed E-state index contributed by atoms with van der Waals surface area (Å²) < 4.78 is 0. The van der Waals surface area contributed by atoms with Gasteiger partial charge in [0.25, 0.3) is 0 Å². The van der Waals surface area contributed by atoms with E-state index in [1.54, 1.807) is 0 Å². The number of ketones is 1. The molecule has 1 aliphatic carbocycles. The largest absolute Gasteiger partial charge is 0.310 e. The molecule has 2 nitrogen and oxygen atoms in total. The second-order valence-electron chi connectivity index (χ2n) is 3.67. The van der Waals surface area contributed by atoms with Crippen molar-refractivity contribution in [3.8, 4) is 12.3 Å². The van der Waals surface area contributed by atoms with E-state index in [0.717, 1.165) is 18.9 Å². The molecule has 0 aromatic heterocycles. The third-order valence-electron chi connectivity index (χ3n) is 2.23. The highest BCUT2D eigenvalue weighted by atomic mass is 16.1. The second kappa shape index (κ2) is 5.77. The first-order valence-electron chi connectivity index (χ1n) is 4.99. The Morgan fingerprint density at radius 2 is 2.31 bits per heavy atom. The van der Waals surface area contributed by atoms with Gasteiger partial charge in [-0.15, -0.1) is 12.3 Å². The SMILES string of the molecule is C#CCCCC(=O)CNCC1CC1. The molecule has 2 heteroatoms. The molecule has 0 amide bonds. The minimum Gasteiger partial charge on any atom is -0.310 e. The standard InChI is InChI=1S/C11H17NO/c1-2-3-4-5-11(13)9-12-8-10-6-7-10/h1,10,12H,3-9H2. The number of carbonyl (C=O) groups excluding carboxylic acids is 1. The van der Waals surface area contributed by atoms with E-state index >= 15 is 0 Å². The van der Waals surface area contributed by atoms with Crippen LogP contribution in [0.1, 0.15) is 32.1 Å². The Kier molecular flexibility index (Phi) is 4.56. The van der Waals surface area contributed by atoms with Crippen LogP contribution in [-0.2, 0) is 4.79 Å².